The van der Waals surface area contributed by atoms with Gasteiger partial charge in [0.15, 0.2) is 6.04 Å². The fourth-order valence-corrected chi connectivity index (χ4v) is 2.84. The van der Waals surface area contributed by atoms with Gasteiger partial charge in [-0.2, -0.15) is 0 Å². The van der Waals surface area contributed by atoms with E-state index in [2.05, 4.69) is 16.6 Å². The molecule has 2 rings (SSSR count). The molecule has 156 valence electrons. The van der Waals surface area contributed by atoms with Crippen LogP contribution in [0.15, 0.2) is 24.3 Å². The van der Waals surface area contributed by atoms with E-state index in [4.69, 9.17) is 11.2 Å². The largest absolute Gasteiger partial charge is 0.480 e. The molecule has 9 nitrogen and oxygen atoms in total. The van der Waals surface area contributed by atoms with Gasteiger partial charge in [0.25, 0.3) is 0 Å². The number of nitrogens with zero attached hydrogens (tertiary/aromatic N) is 1. The van der Waals surface area contributed by atoms with Gasteiger partial charge in [-0.1, -0.05) is 18.1 Å². The van der Waals surface area contributed by atoms with Crippen LogP contribution in [0.2, 0.25) is 0 Å². The molecule has 0 unspecified atom stereocenters. The third-order valence-electron chi connectivity index (χ3n) is 4.54. The van der Waals surface area contributed by atoms with Gasteiger partial charge in [0.2, 0.25) is 11.8 Å². The van der Waals surface area contributed by atoms with E-state index in [9.17, 15) is 24.6 Å². The van der Waals surface area contributed by atoms with Crippen LogP contribution in [0.25, 0.3) is 0 Å². The van der Waals surface area contributed by atoms with Crippen molar-refractivity contribution in [2.45, 2.75) is 25.1 Å². The van der Waals surface area contributed by atoms with Crippen LogP contribution in [0.1, 0.15) is 24.2 Å². The highest BCUT2D eigenvalue weighted by atomic mass is 16.5. The standard InChI is InChI=1S/C20H25N3O6/c1-3-14-4-6-15(7-5-14)18(25)17(20(27)28)22-19(26)13(2)21-16(24)12-23-8-10-29-11-9-23/h1,4-7,13,17-18,25H,8-12H2,2H3,(H,21,24)(H,22,26)(H,27,28)/t13-,17-,18+/m0/s1. The van der Waals surface area contributed by atoms with Crippen LogP contribution in [0, 0.1) is 12.3 Å². The van der Waals surface area contributed by atoms with Gasteiger partial charge in [-0.15, -0.1) is 6.42 Å². The quantitative estimate of drug-likeness (QED) is 0.415. The summed E-state index contributed by atoms with van der Waals surface area (Å²) in [5, 5.41) is 24.6. The van der Waals surface area contributed by atoms with E-state index in [0.717, 1.165) is 0 Å². The van der Waals surface area contributed by atoms with Crippen molar-refractivity contribution in [3.05, 3.63) is 35.4 Å². The van der Waals surface area contributed by atoms with E-state index in [1.165, 1.54) is 19.1 Å². The number of carbonyl (C=O) groups is 3. The molecule has 1 aliphatic rings. The van der Waals surface area contributed by atoms with Crippen LogP contribution in [-0.4, -0.2) is 77.8 Å². The third kappa shape index (κ3) is 6.57. The summed E-state index contributed by atoms with van der Waals surface area (Å²) < 4.78 is 5.21. The Morgan fingerprint density at radius 1 is 1.21 bits per heavy atom. The summed E-state index contributed by atoms with van der Waals surface area (Å²) in [6.07, 6.45) is 3.79. The topological polar surface area (TPSA) is 128 Å². The normalized spacial score (nSPS) is 17.4. The lowest BCUT2D eigenvalue weighted by Gasteiger charge is -2.27. The number of carboxylic acid groups (broad SMARTS) is 1. The van der Waals surface area contributed by atoms with E-state index in [1.54, 1.807) is 12.1 Å². The maximum atomic E-state index is 12.4. The lowest BCUT2D eigenvalue weighted by molar-refractivity contribution is -0.145. The van der Waals surface area contributed by atoms with Crippen molar-refractivity contribution in [1.82, 2.24) is 15.5 Å². The lowest BCUT2D eigenvalue weighted by Crippen LogP contribution is -2.53. The van der Waals surface area contributed by atoms with Gasteiger partial charge >= 0.3 is 5.97 Å². The number of hydrogen-bond acceptors (Lipinski definition) is 6. The smallest absolute Gasteiger partial charge is 0.329 e. The number of terminal acetylenes is 1. The van der Waals surface area contributed by atoms with Crippen LogP contribution >= 0.6 is 0 Å². The minimum absolute atomic E-state index is 0.119. The molecule has 1 fully saturated rings. The molecule has 2 amide bonds. The van der Waals surface area contributed by atoms with Gasteiger partial charge < -0.3 is 25.6 Å². The molecule has 29 heavy (non-hydrogen) atoms. The number of benzene rings is 1. The molecule has 0 aliphatic carbocycles. The third-order valence-corrected chi connectivity index (χ3v) is 4.54. The zero-order valence-electron chi connectivity index (χ0n) is 16.1. The van der Waals surface area contributed by atoms with Crippen molar-refractivity contribution in [1.29, 1.82) is 0 Å². The fourth-order valence-electron chi connectivity index (χ4n) is 2.84. The van der Waals surface area contributed by atoms with Gasteiger partial charge in [0, 0.05) is 18.7 Å². The second-order valence-electron chi connectivity index (χ2n) is 6.71. The average molecular weight is 403 g/mol. The molecule has 9 heteroatoms. The maximum absolute atomic E-state index is 12.4. The predicted octanol–water partition coefficient (Wildman–Crippen LogP) is -0.892. The van der Waals surface area contributed by atoms with Crippen molar-refractivity contribution in [3.63, 3.8) is 0 Å². The first-order valence-electron chi connectivity index (χ1n) is 9.19. The number of carbonyl (C=O) groups excluding carboxylic acids is 2. The van der Waals surface area contributed by atoms with Crippen LogP contribution in [0.5, 0.6) is 0 Å². The summed E-state index contributed by atoms with van der Waals surface area (Å²) in [5.74, 6) is -0.0532. The number of hydrogen-bond donors (Lipinski definition) is 4. The average Bonchev–Trinajstić information content (AvgIpc) is 2.71. The number of aliphatic carboxylic acids is 1. The van der Waals surface area contributed by atoms with Crippen molar-refractivity contribution in [3.8, 4) is 12.3 Å². The molecule has 0 spiro atoms. The zero-order chi connectivity index (χ0) is 21.4. The molecule has 1 aromatic carbocycles. The highest BCUT2D eigenvalue weighted by Crippen LogP contribution is 2.18. The molecule has 1 aliphatic heterocycles. The first kappa shape index (κ1) is 22.4. The number of ether oxygens (including phenoxy) is 1. The number of rotatable bonds is 8. The number of nitrogens with one attached hydrogen (secondary N) is 2. The maximum Gasteiger partial charge on any atom is 0.329 e. The lowest BCUT2D eigenvalue weighted by atomic mass is 10.0. The van der Waals surface area contributed by atoms with E-state index in [0.29, 0.717) is 37.4 Å². The summed E-state index contributed by atoms with van der Waals surface area (Å²) in [5.41, 5.74) is 0.870. The summed E-state index contributed by atoms with van der Waals surface area (Å²) in [6, 6.07) is 3.56. The monoisotopic (exact) mass is 403 g/mol. The van der Waals surface area contributed by atoms with Crippen LogP contribution in [0.3, 0.4) is 0 Å². The number of aliphatic hydroxyl groups excluding tert-OH is 1. The van der Waals surface area contributed by atoms with Crippen LogP contribution in [0.4, 0.5) is 0 Å². The highest BCUT2D eigenvalue weighted by molar-refractivity contribution is 5.90. The Kier molecular flexibility index (Phi) is 8.15. The molecular formula is C20H25N3O6. The minimum Gasteiger partial charge on any atom is -0.480 e. The number of morpholine rings is 1. The Bertz CT molecular complexity index is 767. The van der Waals surface area contributed by atoms with E-state index < -0.39 is 30.1 Å². The van der Waals surface area contributed by atoms with Crippen molar-refractivity contribution >= 4 is 17.8 Å². The molecule has 0 saturated carbocycles. The van der Waals surface area contributed by atoms with Gasteiger partial charge in [-0.3, -0.25) is 14.5 Å². The zero-order valence-corrected chi connectivity index (χ0v) is 16.1. The molecule has 3 atom stereocenters. The summed E-state index contributed by atoms with van der Waals surface area (Å²) >= 11 is 0. The van der Waals surface area contributed by atoms with E-state index in [1.807, 2.05) is 4.90 Å². The summed E-state index contributed by atoms with van der Waals surface area (Å²) in [6.45, 7) is 3.90. The van der Waals surface area contributed by atoms with Gasteiger partial charge in [0.1, 0.15) is 12.1 Å². The molecule has 1 aromatic rings. The highest BCUT2D eigenvalue weighted by Gasteiger charge is 2.31. The van der Waals surface area contributed by atoms with Crippen molar-refractivity contribution < 1.29 is 29.3 Å². The number of amides is 2. The number of carboxylic acids is 1. The molecular weight excluding hydrogens is 378 g/mol. The van der Waals surface area contributed by atoms with Crippen LogP contribution < -0.4 is 10.6 Å². The summed E-state index contributed by atoms with van der Waals surface area (Å²) in [4.78, 5) is 37.9. The molecule has 0 aromatic heterocycles. The minimum atomic E-state index is -1.59. The Morgan fingerprint density at radius 3 is 2.38 bits per heavy atom. The Balaban J connectivity index is 1.94. The Hall–Kier alpha value is -2.93. The van der Waals surface area contributed by atoms with Crippen LogP contribution in [-0.2, 0) is 19.1 Å². The van der Waals surface area contributed by atoms with Gasteiger partial charge in [0.05, 0.1) is 19.8 Å². The summed E-state index contributed by atoms with van der Waals surface area (Å²) in [7, 11) is 0. The Morgan fingerprint density at radius 2 is 1.83 bits per heavy atom. The Labute approximate surface area is 169 Å². The second-order valence-corrected chi connectivity index (χ2v) is 6.71. The molecule has 4 N–H and O–H groups in total. The second kappa shape index (κ2) is 10.6. The number of aliphatic hydroxyl groups is 1. The van der Waals surface area contributed by atoms with Crippen molar-refractivity contribution in [2.24, 2.45) is 0 Å². The molecule has 0 radical (unpaired) electrons. The first-order chi connectivity index (χ1) is 13.8. The van der Waals surface area contributed by atoms with E-state index >= 15 is 0 Å². The van der Waals surface area contributed by atoms with Gasteiger partial charge in [-0.05, 0) is 24.6 Å². The van der Waals surface area contributed by atoms with Crippen molar-refractivity contribution in [2.75, 3.05) is 32.8 Å². The predicted molar refractivity (Wildman–Crippen MR) is 104 cm³/mol. The van der Waals surface area contributed by atoms with Gasteiger partial charge in [-0.25, -0.2) is 4.79 Å². The fraction of sp³-hybridized carbons (Fsp3) is 0.450. The molecule has 1 heterocycles. The molecule has 1 saturated heterocycles. The van der Waals surface area contributed by atoms with E-state index in [-0.39, 0.29) is 12.5 Å². The SMILES string of the molecule is C#Cc1ccc([C@@H](O)[C@H](NC(=O)[C@H](C)NC(=O)CN2CCOCC2)C(=O)O)cc1. The molecule has 0 bridgehead atoms. The first-order valence-corrected chi connectivity index (χ1v) is 9.19.